The molecule has 2 aliphatic rings. The van der Waals surface area contributed by atoms with Crippen LogP contribution in [0.2, 0.25) is 0 Å². The molecule has 2 heterocycles. The number of carbonyl (C=O) groups is 2. The van der Waals surface area contributed by atoms with Crippen molar-refractivity contribution in [3.05, 3.63) is 18.2 Å². The molecule has 1 fully saturated rings. The Morgan fingerprint density at radius 2 is 2.16 bits per heavy atom. The van der Waals surface area contributed by atoms with E-state index in [2.05, 4.69) is 0 Å². The van der Waals surface area contributed by atoms with Crippen LogP contribution >= 0.6 is 0 Å². The van der Waals surface area contributed by atoms with Gasteiger partial charge in [-0.2, -0.15) is 8.42 Å². The molecule has 10 heteroatoms. The van der Waals surface area contributed by atoms with Crippen LogP contribution in [0.1, 0.15) is 6.92 Å². The molecule has 0 N–H and O–H groups in total. The molecule has 0 aliphatic carbocycles. The number of hydrogen-bond acceptors (Lipinski definition) is 7. The molecule has 9 nitrogen and oxygen atoms in total. The average Bonchev–Trinajstić information content (AvgIpc) is 2.87. The average molecular weight is 370 g/mol. The van der Waals surface area contributed by atoms with E-state index in [0.29, 0.717) is 17.1 Å². The van der Waals surface area contributed by atoms with Gasteiger partial charge in [0, 0.05) is 25.7 Å². The summed E-state index contributed by atoms with van der Waals surface area (Å²) in [7, 11) is -2.00. The second-order valence-corrected chi connectivity index (χ2v) is 7.53. The lowest BCUT2D eigenvalue weighted by Gasteiger charge is -2.31. The molecular formula is C15H18N2O7S. The van der Waals surface area contributed by atoms with Crippen molar-refractivity contribution < 1.29 is 31.7 Å². The smallest absolute Gasteiger partial charge is 0.415 e. The third-order valence-corrected chi connectivity index (χ3v) is 4.69. The highest BCUT2D eigenvalue weighted by molar-refractivity contribution is 7.85. The summed E-state index contributed by atoms with van der Waals surface area (Å²) in [6.45, 7) is 1.31. The van der Waals surface area contributed by atoms with Gasteiger partial charge < -0.3 is 14.4 Å². The molecule has 0 spiro atoms. The Morgan fingerprint density at radius 3 is 2.80 bits per heavy atom. The summed E-state index contributed by atoms with van der Waals surface area (Å²) >= 11 is 0. The molecule has 1 saturated heterocycles. The van der Waals surface area contributed by atoms with Crippen molar-refractivity contribution in [1.82, 2.24) is 0 Å². The van der Waals surface area contributed by atoms with Gasteiger partial charge in [-0.1, -0.05) is 0 Å². The van der Waals surface area contributed by atoms with Crippen LogP contribution in [0.3, 0.4) is 0 Å². The van der Waals surface area contributed by atoms with E-state index < -0.39 is 28.4 Å². The van der Waals surface area contributed by atoms with Gasteiger partial charge in [-0.05, 0) is 12.1 Å². The maximum absolute atomic E-state index is 12.2. The minimum atomic E-state index is -3.64. The van der Waals surface area contributed by atoms with Crippen LogP contribution in [0.4, 0.5) is 16.2 Å². The van der Waals surface area contributed by atoms with Gasteiger partial charge in [0.1, 0.15) is 25.0 Å². The highest BCUT2D eigenvalue weighted by atomic mass is 32.2. The van der Waals surface area contributed by atoms with Crippen LogP contribution in [0.5, 0.6) is 5.75 Å². The fourth-order valence-corrected chi connectivity index (χ4v) is 3.13. The molecule has 25 heavy (non-hydrogen) atoms. The molecular weight excluding hydrogens is 352 g/mol. The second-order valence-electron chi connectivity index (χ2n) is 5.89. The van der Waals surface area contributed by atoms with Crippen LogP contribution in [-0.2, 0) is 23.8 Å². The van der Waals surface area contributed by atoms with Gasteiger partial charge in [0.15, 0.2) is 6.10 Å². The highest BCUT2D eigenvalue weighted by Gasteiger charge is 2.47. The summed E-state index contributed by atoms with van der Waals surface area (Å²) in [5, 5.41) is 0. The molecule has 1 aromatic rings. The first-order valence-electron chi connectivity index (χ1n) is 7.53. The van der Waals surface area contributed by atoms with Gasteiger partial charge in [0.25, 0.3) is 10.1 Å². The van der Waals surface area contributed by atoms with Crippen molar-refractivity contribution in [1.29, 1.82) is 0 Å². The third kappa shape index (κ3) is 3.40. The third-order valence-electron chi connectivity index (χ3n) is 4.13. The molecule has 0 saturated carbocycles. The Bertz CT molecular complexity index is 823. The zero-order chi connectivity index (χ0) is 18.4. The van der Waals surface area contributed by atoms with E-state index in [1.54, 1.807) is 25.2 Å². The SMILES string of the molecule is CC(=O)N(C)c1ccc2c(c1)OCC1C(COS(C)(=O)=O)OC(=O)N21. The number of hydrogen-bond donors (Lipinski definition) is 0. The molecule has 2 atom stereocenters. The summed E-state index contributed by atoms with van der Waals surface area (Å²) in [5.41, 5.74) is 1.14. The maximum atomic E-state index is 12.2. The fourth-order valence-electron chi connectivity index (χ4n) is 2.74. The zero-order valence-corrected chi connectivity index (χ0v) is 14.8. The number of anilines is 2. The molecule has 2 unspecified atom stereocenters. The number of benzene rings is 1. The Labute approximate surface area is 145 Å². The van der Waals surface area contributed by atoms with E-state index in [1.807, 2.05) is 0 Å². The fraction of sp³-hybridized carbons (Fsp3) is 0.467. The van der Waals surface area contributed by atoms with E-state index in [1.165, 1.54) is 16.7 Å². The molecule has 3 rings (SSSR count). The first-order valence-corrected chi connectivity index (χ1v) is 9.34. The summed E-state index contributed by atoms with van der Waals surface area (Å²) in [4.78, 5) is 26.6. The van der Waals surface area contributed by atoms with Gasteiger partial charge in [0.05, 0.1) is 11.9 Å². The summed E-state index contributed by atoms with van der Waals surface area (Å²) < 4.78 is 38.0. The Balaban J connectivity index is 1.84. The zero-order valence-electron chi connectivity index (χ0n) is 14.0. The normalized spacial score (nSPS) is 21.9. The highest BCUT2D eigenvalue weighted by Crippen LogP contribution is 2.40. The molecule has 0 aromatic heterocycles. The van der Waals surface area contributed by atoms with Crippen LogP contribution in [0.25, 0.3) is 0 Å². The number of amides is 2. The van der Waals surface area contributed by atoms with Crippen molar-refractivity contribution in [2.75, 3.05) is 36.3 Å². The maximum Gasteiger partial charge on any atom is 0.415 e. The van der Waals surface area contributed by atoms with Gasteiger partial charge in [-0.25, -0.2) is 4.79 Å². The molecule has 1 aromatic carbocycles. The quantitative estimate of drug-likeness (QED) is 0.720. The largest absolute Gasteiger partial charge is 0.489 e. The minimum Gasteiger partial charge on any atom is -0.489 e. The Hall–Kier alpha value is -2.33. The lowest BCUT2D eigenvalue weighted by atomic mass is 10.1. The summed E-state index contributed by atoms with van der Waals surface area (Å²) in [6.07, 6.45) is -0.416. The monoisotopic (exact) mass is 370 g/mol. The first-order chi connectivity index (χ1) is 11.7. The van der Waals surface area contributed by atoms with Crippen LogP contribution < -0.4 is 14.5 Å². The van der Waals surface area contributed by atoms with Crippen LogP contribution in [0, 0.1) is 0 Å². The minimum absolute atomic E-state index is 0.129. The van der Waals surface area contributed by atoms with Crippen molar-refractivity contribution in [3.63, 3.8) is 0 Å². The predicted octanol–water partition coefficient (Wildman–Crippen LogP) is 0.732. The van der Waals surface area contributed by atoms with Crippen molar-refractivity contribution in [3.8, 4) is 5.75 Å². The molecule has 2 amide bonds. The van der Waals surface area contributed by atoms with Crippen molar-refractivity contribution in [2.24, 2.45) is 0 Å². The van der Waals surface area contributed by atoms with Crippen molar-refractivity contribution >= 4 is 33.5 Å². The van der Waals surface area contributed by atoms with Crippen LogP contribution in [0.15, 0.2) is 18.2 Å². The molecule has 0 bridgehead atoms. The lowest BCUT2D eigenvalue weighted by molar-refractivity contribution is -0.116. The topological polar surface area (TPSA) is 102 Å². The molecule has 2 aliphatic heterocycles. The lowest BCUT2D eigenvalue weighted by Crippen LogP contribution is -2.45. The van der Waals surface area contributed by atoms with Gasteiger partial charge in [0.2, 0.25) is 5.91 Å². The number of carbonyl (C=O) groups excluding carboxylic acids is 2. The number of cyclic esters (lactones) is 1. The van der Waals surface area contributed by atoms with Crippen LogP contribution in [-0.4, -0.2) is 59.1 Å². The number of nitrogens with zero attached hydrogens (tertiary/aromatic N) is 2. The first kappa shape index (κ1) is 17.5. The Morgan fingerprint density at radius 1 is 1.44 bits per heavy atom. The summed E-state index contributed by atoms with van der Waals surface area (Å²) in [5.74, 6) is 0.315. The Kier molecular flexibility index (Phi) is 4.33. The second kappa shape index (κ2) is 6.19. The van der Waals surface area contributed by atoms with Gasteiger partial charge >= 0.3 is 6.09 Å². The predicted molar refractivity (Wildman–Crippen MR) is 88.4 cm³/mol. The molecule has 0 radical (unpaired) electrons. The number of rotatable bonds is 4. The van der Waals surface area contributed by atoms with E-state index >= 15 is 0 Å². The molecule has 136 valence electrons. The van der Waals surface area contributed by atoms with E-state index in [9.17, 15) is 18.0 Å². The number of fused-ring (bicyclic) bond motifs is 3. The standard InChI is InChI=1S/C15H18N2O7S/c1-9(18)16(2)10-4-5-11-13(6-10)22-7-12-14(8-23-25(3,20)21)24-15(19)17(11)12/h4-6,12,14H,7-8H2,1-3H3. The summed E-state index contributed by atoms with van der Waals surface area (Å²) in [6, 6.07) is 4.54. The van der Waals surface area contributed by atoms with E-state index in [-0.39, 0.29) is 19.1 Å². The number of ether oxygens (including phenoxy) is 2. The van der Waals surface area contributed by atoms with E-state index in [0.717, 1.165) is 6.26 Å². The van der Waals surface area contributed by atoms with Crippen molar-refractivity contribution in [2.45, 2.75) is 19.1 Å². The van der Waals surface area contributed by atoms with Gasteiger partial charge in [-0.15, -0.1) is 0 Å². The van der Waals surface area contributed by atoms with Gasteiger partial charge in [-0.3, -0.25) is 13.9 Å². The van der Waals surface area contributed by atoms with E-state index in [4.69, 9.17) is 13.7 Å².